The Morgan fingerprint density at radius 1 is 1.58 bits per heavy atom. The third kappa shape index (κ3) is 2.48. The Morgan fingerprint density at radius 3 is 3.00 bits per heavy atom. The average molecular weight is 280 g/mol. The van der Waals surface area contributed by atoms with Gasteiger partial charge in [0, 0.05) is 11.4 Å². The largest absolute Gasteiger partial charge is 0.481 e. The van der Waals surface area contributed by atoms with Gasteiger partial charge in [-0.25, -0.2) is 4.98 Å². The highest BCUT2D eigenvalue weighted by atomic mass is 32.1. The zero-order valence-electron chi connectivity index (χ0n) is 11.2. The molecular weight excluding hydrogens is 260 g/mol. The first-order chi connectivity index (χ1) is 9.13. The summed E-state index contributed by atoms with van der Waals surface area (Å²) in [6, 6.07) is 0. The van der Waals surface area contributed by atoms with E-state index in [1.54, 1.807) is 11.3 Å². The monoisotopic (exact) mass is 280 g/mol. The SMILES string of the molecule is CCC1(CNc2nc3c(s2)CCCC3C(=O)O)CC1. The van der Waals surface area contributed by atoms with Gasteiger partial charge in [0.05, 0.1) is 5.69 Å². The summed E-state index contributed by atoms with van der Waals surface area (Å²) in [5, 5.41) is 13.6. The number of rotatable bonds is 5. The van der Waals surface area contributed by atoms with Crippen molar-refractivity contribution in [2.75, 3.05) is 11.9 Å². The molecule has 5 heteroatoms. The van der Waals surface area contributed by atoms with Crippen LogP contribution in [-0.2, 0) is 11.2 Å². The quantitative estimate of drug-likeness (QED) is 0.869. The molecule has 2 aliphatic rings. The first kappa shape index (κ1) is 12.9. The van der Waals surface area contributed by atoms with Crippen molar-refractivity contribution in [1.29, 1.82) is 0 Å². The van der Waals surface area contributed by atoms with E-state index in [4.69, 9.17) is 0 Å². The summed E-state index contributed by atoms with van der Waals surface area (Å²) < 4.78 is 0. The highest BCUT2D eigenvalue weighted by molar-refractivity contribution is 7.15. The Bertz CT molecular complexity index is 494. The van der Waals surface area contributed by atoms with Crippen LogP contribution < -0.4 is 5.32 Å². The van der Waals surface area contributed by atoms with E-state index < -0.39 is 11.9 Å². The first-order valence-electron chi connectivity index (χ1n) is 7.10. The normalized spacial score (nSPS) is 23.7. The molecule has 1 aromatic heterocycles. The van der Waals surface area contributed by atoms with Crippen LogP contribution in [0.4, 0.5) is 5.13 Å². The van der Waals surface area contributed by atoms with Crippen molar-refractivity contribution in [2.45, 2.75) is 51.4 Å². The molecule has 4 nitrogen and oxygen atoms in total. The second-order valence-electron chi connectivity index (χ2n) is 5.82. The van der Waals surface area contributed by atoms with Gasteiger partial charge in [-0.1, -0.05) is 6.92 Å². The van der Waals surface area contributed by atoms with E-state index in [1.807, 2.05) is 0 Å². The third-order valence-corrected chi connectivity index (χ3v) is 5.66. The van der Waals surface area contributed by atoms with Gasteiger partial charge in [-0.15, -0.1) is 11.3 Å². The van der Waals surface area contributed by atoms with Gasteiger partial charge in [-0.2, -0.15) is 0 Å². The van der Waals surface area contributed by atoms with E-state index in [9.17, 15) is 9.90 Å². The number of aliphatic carboxylic acids is 1. The fourth-order valence-corrected chi connectivity index (χ4v) is 3.89. The Balaban J connectivity index is 1.72. The van der Waals surface area contributed by atoms with E-state index in [0.717, 1.165) is 36.6 Å². The topological polar surface area (TPSA) is 62.2 Å². The number of fused-ring (bicyclic) bond motifs is 1. The predicted molar refractivity (Wildman–Crippen MR) is 75.9 cm³/mol. The summed E-state index contributed by atoms with van der Waals surface area (Å²) in [6.07, 6.45) is 6.49. The number of anilines is 1. The van der Waals surface area contributed by atoms with Crippen molar-refractivity contribution in [3.63, 3.8) is 0 Å². The number of nitrogens with one attached hydrogen (secondary N) is 1. The lowest BCUT2D eigenvalue weighted by Crippen LogP contribution is -2.17. The fraction of sp³-hybridized carbons (Fsp3) is 0.714. The molecule has 1 heterocycles. The van der Waals surface area contributed by atoms with Gasteiger partial charge in [-0.05, 0) is 43.9 Å². The minimum absolute atomic E-state index is 0.392. The van der Waals surface area contributed by atoms with Crippen LogP contribution in [0.5, 0.6) is 0 Å². The van der Waals surface area contributed by atoms with Crippen LogP contribution in [-0.4, -0.2) is 22.6 Å². The molecule has 1 saturated carbocycles. The lowest BCUT2D eigenvalue weighted by Gasteiger charge is -2.16. The Hall–Kier alpha value is -1.10. The van der Waals surface area contributed by atoms with Gasteiger partial charge in [-0.3, -0.25) is 4.79 Å². The summed E-state index contributed by atoms with van der Waals surface area (Å²) in [4.78, 5) is 17.0. The third-order valence-electron chi connectivity index (χ3n) is 4.57. The molecule has 0 saturated heterocycles. The molecular formula is C14H20N2O2S. The van der Waals surface area contributed by atoms with Crippen LogP contribution in [0.3, 0.4) is 0 Å². The van der Waals surface area contributed by atoms with Crippen LogP contribution in [0.1, 0.15) is 55.5 Å². The van der Waals surface area contributed by atoms with Gasteiger partial charge in [0.25, 0.3) is 0 Å². The number of hydrogen-bond acceptors (Lipinski definition) is 4. The van der Waals surface area contributed by atoms with Crippen molar-refractivity contribution in [2.24, 2.45) is 5.41 Å². The smallest absolute Gasteiger partial charge is 0.312 e. The van der Waals surface area contributed by atoms with Gasteiger partial charge in [0.15, 0.2) is 5.13 Å². The lowest BCUT2D eigenvalue weighted by atomic mass is 9.91. The predicted octanol–water partition coefficient (Wildman–Crippen LogP) is 3.25. The van der Waals surface area contributed by atoms with E-state index in [0.29, 0.717) is 5.41 Å². The van der Waals surface area contributed by atoms with Crippen molar-refractivity contribution in [3.05, 3.63) is 10.6 Å². The molecule has 1 aromatic rings. The minimum atomic E-state index is -0.731. The number of thiazole rings is 1. The molecule has 1 atom stereocenters. The van der Waals surface area contributed by atoms with Crippen molar-refractivity contribution >= 4 is 22.4 Å². The van der Waals surface area contributed by atoms with Crippen LogP contribution in [0.25, 0.3) is 0 Å². The second-order valence-corrected chi connectivity index (χ2v) is 6.90. The van der Waals surface area contributed by atoms with Gasteiger partial charge >= 0.3 is 5.97 Å². The molecule has 2 N–H and O–H groups in total. The van der Waals surface area contributed by atoms with E-state index in [2.05, 4.69) is 17.2 Å². The van der Waals surface area contributed by atoms with E-state index in [-0.39, 0.29) is 0 Å². The highest BCUT2D eigenvalue weighted by Gasteiger charge is 2.40. The number of hydrogen-bond donors (Lipinski definition) is 2. The molecule has 0 aromatic carbocycles. The number of aryl methyl sites for hydroxylation is 1. The van der Waals surface area contributed by atoms with Crippen LogP contribution >= 0.6 is 11.3 Å². The Morgan fingerprint density at radius 2 is 2.37 bits per heavy atom. The fourth-order valence-electron chi connectivity index (χ4n) is 2.83. The van der Waals surface area contributed by atoms with Crippen LogP contribution in [0.2, 0.25) is 0 Å². The molecule has 3 rings (SSSR count). The lowest BCUT2D eigenvalue weighted by molar-refractivity contribution is -0.139. The summed E-state index contributed by atoms with van der Waals surface area (Å²) in [6.45, 7) is 3.22. The van der Waals surface area contributed by atoms with E-state index in [1.165, 1.54) is 24.1 Å². The van der Waals surface area contributed by atoms with Gasteiger partial charge in [0.2, 0.25) is 0 Å². The first-order valence-corrected chi connectivity index (χ1v) is 7.91. The minimum Gasteiger partial charge on any atom is -0.481 e. The number of carbonyl (C=O) groups is 1. The second kappa shape index (κ2) is 4.78. The molecule has 0 radical (unpaired) electrons. The summed E-state index contributed by atoms with van der Waals surface area (Å²) >= 11 is 1.65. The summed E-state index contributed by atoms with van der Waals surface area (Å²) in [5.41, 5.74) is 1.30. The molecule has 0 aliphatic heterocycles. The molecule has 1 fully saturated rings. The summed E-state index contributed by atoms with van der Waals surface area (Å²) in [5.74, 6) is -1.12. The average Bonchev–Trinajstić information content (AvgIpc) is 3.07. The number of carboxylic acid groups (broad SMARTS) is 1. The standard InChI is InChI=1S/C14H20N2O2S/c1-2-14(6-7-14)8-15-13-16-11-9(12(17)18)4-3-5-10(11)19-13/h9H,2-8H2,1H3,(H,15,16)(H,17,18). The van der Waals surface area contributed by atoms with Gasteiger partial charge in [0.1, 0.15) is 5.92 Å². The molecule has 2 aliphatic carbocycles. The molecule has 0 bridgehead atoms. The Labute approximate surface area is 117 Å². The molecule has 0 amide bonds. The Kier molecular flexibility index (Phi) is 3.25. The van der Waals surface area contributed by atoms with Crippen molar-refractivity contribution in [3.8, 4) is 0 Å². The zero-order chi connectivity index (χ0) is 13.5. The van der Waals surface area contributed by atoms with Gasteiger partial charge < -0.3 is 10.4 Å². The zero-order valence-corrected chi connectivity index (χ0v) is 12.1. The number of carboxylic acids is 1. The molecule has 19 heavy (non-hydrogen) atoms. The summed E-state index contributed by atoms with van der Waals surface area (Å²) in [7, 11) is 0. The van der Waals surface area contributed by atoms with Crippen LogP contribution in [0.15, 0.2) is 0 Å². The van der Waals surface area contributed by atoms with Crippen molar-refractivity contribution in [1.82, 2.24) is 4.98 Å². The highest BCUT2D eigenvalue weighted by Crippen LogP contribution is 2.48. The van der Waals surface area contributed by atoms with Crippen LogP contribution in [0, 0.1) is 5.41 Å². The van der Waals surface area contributed by atoms with Crippen molar-refractivity contribution < 1.29 is 9.90 Å². The van der Waals surface area contributed by atoms with E-state index >= 15 is 0 Å². The maximum Gasteiger partial charge on any atom is 0.312 e. The molecule has 1 unspecified atom stereocenters. The maximum atomic E-state index is 11.2. The number of aromatic nitrogens is 1. The number of nitrogens with zero attached hydrogens (tertiary/aromatic N) is 1. The molecule has 104 valence electrons. The molecule has 0 spiro atoms. The maximum absolute atomic E-state index is 11.2.